The van der Waals surface area contributed by atoms with Gasteiger partial charge in [0.15, 0.2) is 0 Å². The molecular weight excluding hydrogens is 321 g/mol. The van der Waals surface area contributed by atoms with Crippen molar-refractivity contribution in [1.29, 1.82) is 0 Å². The molecule has 2 N–H and O–H groups in total. The van der Waals surface area contributed by atoms with Crippen LogP contribution >= 0.6 is 24.8 Å². The smallest absolute Gasteiger partial charge is 0.234 e. The molecule has 0 aromatic heterocycles. The minimum atomic E-state index is 0. The normalized spacial score (nSPS) is 20.4. The summed E-state index contributed by atoms with van der Waals surface area (Å²) in [4.78, 5) is 14.4. The van der Waals surface area contributed by atoms with Crippen LogP contribution in [0.3, 0.4) is 0 Å². The van der Waals surface area contributed by atoms with Crippen molar-refractivity contribution >= 4 is 30.7 Å². The van der Waals surface area contributed by atoms with E-state index in [9.17, 15) is 4.79 Å². The Bertz CT molecular complexity index is 357. The number of amides is 1. The van der Waals surface area contributed by atoms with Gasteiger partial charge in [-0.15, -0.1) is 24.8 Å². The zero-order valence-corrected chi connectivity index (χ0v) is 15.4. The minimum Gasteiger partial charge on any atom is -0.349 e. The van der Waals surface area contributed by atoms with E-state index >= 15 is 0 Å². The largest absolute Gasteiger partial charge is 0.349 e. The van der Waals surface area contributed by atoms with E-state index in [0.717, 1.165) is 32.4 Å². The highest BCUT2D eigenvalue weighted by Crippen LogP contribution is 2.20. The summed E-state index contributed by atoms with van der Waals surface area (Å²) in [6.45, 7) is 4.77. The third-order valence-corrected chi connectivity index (χ3v) is 4.58. The lowest BCUT2D eigenvalue weighted by Crippen LogP contribution is -2.47. The molecule has 0 spiro atoms. The Morgan fingerprint density at radius 1 is 1.36 bits per heavy atom. The van der Waals surface area contributed by atoms with E-state index in [1.165, 1.54) is 24.8 Å². The second-order valence-corrected chi connectivity index (χ2v) is 6.21. The Hall–Kier alpha value is -0.290. The van der Waals surface area contributed by atoms with Crippen LogP contribution in [0.4, 0.5) is 0 Å². The fourth-order valence-electron chi connectivity index (χ4n) is 3.24. The molecule has 4 nitrogen and oxygen atoms in total. The number of carbonyl (C=O) groups is 1. The zero-order chi connectivity index (χ0) is 14.4. The predicted octanol–water partition coefficient (Wildman–Crippen LogP) is 2.52. The van der Waals surface area contributed by atoms with Crippen molar-refractivity contribution in [2.24, 2.45) is 0 Å². The molecule has 1 aliphatic heterocycles. The number of halogens is 2. The minimum absolute atomic E-state index is 0. The molecule has 1 fully saturated rings. The fourth-order valence-corrected chi connectivity index (χ4v) is 3.24. The van der Waals surface area contributed by atoms with E-state index < -0.39 is 0 Å². The molecule has 1 saturated heterocycles. The molecule has 2 rings (SSSR count). The summed E-state index contributed by atoms with van der Waals surface area (Å²) in [6, 6.07) is 0.746. The first kappa shape index (κ1) is 21.7. The maximum absolute atomic E-state index is 12.2. The van der Waals surface area contributed by atoms with Crippen LogP contribution in [0.2, 0.25) is 0 Å². The molecule has 1 unspecified atom stereocenters. The molecule has 130 valence electrons. The van der Waals surface area contributed by atoms with Crippen molar-refractivity contribution in [3.05, 3.63) is 11.6 Å². The molecule has 1 heterocycles. The topological polar surface area (TPSA) is 44.4 Å². The van der Waals surface area contributed by atoms with Crippen molar-refractivity contribution in [2.75, 3.05) is 26.7 Å². The number of piperidine rings is 1. The highest BCUT2D eigenvalue weighted by Gasteiger charge is 2.21. The molecule has 1 amide bonds. The summed E-state index contributed by atoms with van der Waals surface area (Å²) >= 11 is 0. The molecular formula is C16H31Cl2N3O. The van der Waals surface area contributed by atoms with Crippen molar-refractivity contribution in [3.8, 4) is 0 Å². The lowest BCUT2D eigenvalue weighted by Gasteiger charge is -2.31. The van der Waals surface area contributed by atoms with Gasteiger partial charge in [-0.1, -0.05) is 11.6 Å². The molecule has 0 aromatic rings. The second-order valence-electron chi connectivity index (χ2n) is 6.21. The maximum atomic E-state index is 12.2. The second kappa shape index (κ2) is 11.3. The van der Waals surface area contributed by atoms with E-state index in [-0.39, 0.29) is 36.8 Å². The summed E-state index contributed by atoms with van der Waals surface area (Å²) in [6.07, 6.45) is 9.47. The number of rotatable bonds is 5. The Morgan fingerprint density at radius 3 is 2.64 bits per heavy atom. The summed E-state index contributed by atoms with van der Waals surface area (Å²) in [5, 5.41) is 6.52. The number of hydrogen-bond acceptors (Lipinski definition) is 3. The maximum Gasteiger partial charge on any atom is 0.234 e. The Balaban J connectivity index is 0.00000220. The zero-order valence-electron chi connectivity index (χ0n) is 13.8. The lowest BCUT2D eigenvalue weighted by atomic mass is 9.95. The third kappa shape index (κ3) is 6.86. The number of nitrogens with zero attached hydrogens (tertiary/aromatic N) is 1. The highest BCUT2D eigenvalue weighted by atomic mass is 35.5. The van der Waals surface area contributed by atoms with Gasteiger partial charge >= 0.3 is 0 Å². The van der Waals surface area contributed by atoms with Crippen LogP contribution in [-0.4, -0.2) is 49.6 Å². The van der Waals surface area contributed by atoms with E-state index in [1.807, 2.05) is 0 Å². The van der Waals surface area contributed by atoms with Crippen LogP contribution in [0.1, 0.15) is 45.4 Å². The first-order valence-electron chi connectivity index (χ1n) is 8.06. The van der Waals surface area contributed by atoms with Crippen molar-refractivity contribution in [2.45, 2.75) is 57.5 Å². The summed E-state index contributed by atoms with van der Waals surface area (Å²) in [7, 11) is 2.07. The average molecular weight is 352 g/mol. The van der Waals surface area contributed by atoms with Gasteiger partial charge in [0.2, 0.25) is 5.91 Å². The molecule has 2 aliphatic rings. The van der Waals surface area contributed by atoms with E-state index in [4.69, 9.17) is 0 Å². The molecule has 22 heavy (non-hydrogen) atoms. The fraction of sp³-hybridized carbons (Fsp3) is 0.812. The molecule has 0 saturated carbocycles. The first-order chi connectivity index (χ1) is 9.66. The Morgan fingerprint density at radius 2 is 2.05 bits per heavy atom. The number of likely N-dealkylation sites (N-methyl/N-ethyl adjacent to an activating group) is 1. The van der Waals surface area contributed by atoms with Crippen LogP contribution in [0, 0.1) is 0 Å². The molecule has 0 bridgehead atoms. The predicted molar refractivity (Wildman–Crippen MR) is 97.2 cm³/mol. The van der Waals surface area contributed by atoms with Gasteiger partial charge in [-0.25, -0.2) is 0 Å². The number of nitrogens with one attached hydrogen (secondary N) is 2. The van der Waals surface area contributed by atoms with Gasteiger partial charge in [0.05, 0.1) is 6.54 Å². The monoisotopic (exact) mass is 351 g/mol. The van der Waals surface area contributed by atoms with Crippen LogP contribution in [0.25, 0.3) is 0 Å². The number of hydrogen-bond donors (Lipinski definition) is 2. The molecule has 6 heteroatoms. The Kier molecular flexibility index (Phi) is 11.1. The van der Waals surface area contributed by atoms with Gasteiger partial charge in [-0.05, 0) is 65.6 Å². The van der Waals surface area contributed by atoms with Crippen molar-refractivity contribution in [1.82, 2.24) is 15.5 Å². The standard InChI is InChI=1S/C16H29N3O.2ClH/c1-13(14-6-4-3-5-7-14)18-16(20)12-19(2)15-8-10-17-11-9-15;;/h6,13,15,17H,3-5,7-12H2,1-2H3,(H,18,20);2*1H. The van der Waals surface area contributed by atoms with Crippen molar-refractivity contribution in [3.63, 3.8) is 0 Å². The Labute approximate surface area is 147 Å². The quantitative estimate of drug-likeness (QED) is 0.748. The van der Waals surface area contributed by atoms with Crippen molar-refractivity contribution < 1.29 is 4.79 Å². The molecule has 0 radical (unpaired) electrons. The third-order valence-electron chi connectivity index (χ3n) is 4.58. The van der Waals surface area contributed by atoms with E-state index in [1.54, 1.807) is 0 Å². The van der Waals surface area contributed by atoms with E-state index in [2.05, 4.69) is 35.6 Å². The SMILES string of the molecule is CC(NC(=O)CN(C)C1CCNCC1)C1=CCCCC1.Cl.Cl. The van der Waals surface area contributed by atoms with Gasteiger partial charge in [0.1, 0.15) is 0 Å². The average Bonchev–Trinajstić information content (AvgIpc) is 2.49. The molecule has 1 atom stereocenters. The van der Waals surface area contributed by atoms with Gasteiger partial charge < -0.3 is 10.6 Å². The molecule has 1 aliphatic carbocycles. The van der Waals surface area contributed by atoms with Gasteiger partial charge in [0.25, 0.3) is 0 Å². The summed E-state index contributed by atoms with van der Waals surface area (Å²) in [5.41, 5.74) is 1.41. The summed E-state index contributed by atoms with van der Waals surface area (Å²) in [5.74, 6) is 0.157. The van der Waals surface area contributed by atoms with Crippen LogP contribution in [0.5, 0.6) is 0 Å². The number of carbonyl (C=O) groups excluding carboxylic acids is 1. The summed E-state index contributed by atoms with van der Waals surface area (Å²) < 4.78 is 0. The van der Waals surface area contributed by atoms with E-state index in [0.29, 0.717) is 12.6 Å². The number of allylic oxidation sites excluding steroid dienone is 1. The van der Waals surface area contributed by atoms with Crippen LogP contribution in [-0.2, 0) is 4.79 Å². The van der Waals surface area contributed by atoms with Gasteiger partial charge in [-0.3, -0.25) is 9.69 Å². The molecule has 0 aromatic carbocycles. The van der Waals surface area contributed by atoms with Gasteiger partial charge in [-0.2, -0.15) is 0 Å². The van der Waals surface area contributed by atoms with Gasteiger partial charge in [0, 0.05) is 12.1 Å². The highest BCUT2D eigenvalue weighted by molar-refractivity contribution is 5.85. The van der Waals surface area contributed by atoms with Crippen LogP contribution < -0.4 is 10.6 Å². The van der Waals surface area contributed by atoms with Crippen LogP contribution in [0.15, 0.2) is 11.6 Å². The first-order valence-corrected chi connectivity index (χ1v) is 8.06. The lowest BCUT2D eigenvalue weighted by molar-refractivity contribution is -0.122.